The summed E-state index contributed by atoms with van der Waals surface area (Å²) in [5, 5.41) is 4.23. The van der Waals surface area contributed by atoms with Crippen LogP contribution in [0.5, 0.6) is 0 Å². The average Bonchev–Trinajstić information content (AvgIpc) is 2.77. The number of halogens is 2. The van der Waals surface area contributed by atoms with Crippen LogP contribution in [-0.2, 0) is 9.59 Å². The van der Waals surface area contributed by atoms with Gasteiger partial charge in [-0.15, -0.1) is 0 Å². The maximum Gasteiger partial charge on any atom is 0.256 e. The van der Waals surface area contributed by atoms with E-state index in [2.05, 4.69) is 5.32 Å². The molecule has 0 aliphatic carbocycles. The van der Waals surface area contributed by atoms with Crippen LogP contribution in [0.4, 0.5) is 11.4 Å². The first kappa shape index (κ1) is 14.9. The molecule has 1 N–H and O–H groups in total. The van der Waals surface area contributed by atoms with Crippen molar-refractivity contribution in [2.75, 3.05) is 10.2 Å². The predicted octanol–water partition coefficient (Wildman–Crippen LogP) is 3.74. The van der Waals surface area contributed by atoms with Crippen LogP contribution < -0.4 is 10.2 Å². The number of amides is 2. The molecule has 1 atom stereocenters. The number of anilines is 2. The van der Waals surface area contributed by atoms with Crippen molar-refractivity contribution in [3.8, 4) is 0 Å². The number of nitrogens with zero attached hydrogens (tertiary/aromatic N) is 1. The van der Waals surface area contributed by atoms with Gasteiger partial charge >= 0.3 is 0 Å². The number of hydrogen-bond donors (Lipinski definition) is 1. The summed E-state index contributed by atoms with van der Waals surface area (Å²) in [5.41, 5.74) is 1.27. The highest BCUT2D eigenvalue weighted by Gasteiger charge is 2.39. The second-order valence-corrected chi connectivity index (χ2v) is 5.82. The molecule has 6 heteroatoms. The molecule has 1 fully saturated rings. The molecule has 0 radical (unpaired) electrons. The van der Waals surface area contributed by atoms with Crippen LogP contribution in [0.3, 0.4) is 0 Å². The highest BCUT2D eigenvalue weighted by atomic mass is 35.5. The molecule has 0 saturated carbocycles. The van der Waals surface area contributed by atoms with Gasteiger partial charge < -0.3 is 5.32 Å². The third-order valence-electron chi connectivity index (χ3n) is 3.42. The van der Waals surface area contributed by atoms with E-state index in [-0.39, 0.29) is 18.2 Å². The summed E-state index contributed by atoms with van der Waals surface area (Å²) in [4.78, 5) is 25.8. The van der Waals surface area contributed by atoms with Crippen molar-refractivity contribution < 1.29 is 9.59 Å². The molecule has 1 heterocycles. The minimum Gasteiger partial charge on any atom is -0.373 e. The zero-order valence-electron chi connectivity index (χ0n) is 11.4. The van der Waals surface area contributed by atoms with E-state index in [1.165, 1.54) is 4.90 Å². The molecule has 2 amide bonds. The van der Waals surface area contributed by atoms with Crippen molar-refractivity contribution in [3.05, 3.63) is 58.6 Å². The molecule has 22 heavy (non-hydrogen) atoms. The van der Waals surface area contributed by atoms with Gasteiger partial charge in [0.2, 0.25) is 5.91 Å². The smallest absolute Gasteiger partial charge is 0.256 e. The lowest BCUT2D eigenvalue weighted by Crippen LogP contribution is -2.34. The van der Waals surface area contributed by atoms with E-state index in [1.807, 2.05) is 0 Å². The highest BCUT2D eigenvalue weighted by Crippen LogP contribution is 2.26. The number of nitrogens with one attached hydrogen (secondary N) is 1. The molecule has 4 nitrogen and oxygen atoms in total. The topological polar surface area (TPSA) is 49.4 Å². The lowest BCUT2D eigenvalue weighted by molar-refractivity contribution is -0.121. The van der Waals surface area contributed by atoms with Gasteiger partial charge in [-0.3, -0.25) is 9.59 Å². The van der Waals surface area contributed by atoms with Crippen molar-refractivity contribution in [1.82, 2.24) is 0 Å². The molecule has 2 aromatic rings. The Labute approximate surface area is 137 Å². The van der Waals surface area contributed by atoms with Crippen LogP contribution in [0.15, 0.2) is 48.5 Å². The first-order valence-corrected chi connectivity index (χ1v) is 7.44. The van der Waals surface area contributed by atoms with Gasteiger partial charge in [0.1, 0.15) is 6.04 Å². The fraction of sp³-hybridized carbons (Fsp3) is 0.125. The molecule has 3 rings (SSSR count). The van der Waals surface area contributed by atoms with Crippen LogP contribution in [0.2, 0.25) is 10.0 Å². The molecule has 1 saturated heterocycles. The van der Waals surface area contributed by atoms with Crippen molar-refractivity contribution in [1.29, 1.82) is 0 Å². The third kappa shape index (κ3) is 2.93. The monoisotopic (exact) mass is 334 g/mol. The summed E-state index contributed by atoms with van der Waals surface area (Å²) >= 11 is 11.7. The van der Waals surface area contributed by atoms with E-state index in [4.69, 9.17) is 23.2 Å². The van der Waals surface area contributed by atoms with Crippen LogP contribution >= 0.6 is 23.2 Å². The van der Waals surface area contributed by atoms with Gasteiger partial charge in [0, 0.05) is 15.7 Å². The molecule has 0 bridgehead atoms. The van der Waals surface area contributed by atoms with Crippen LogP contribution in [0.1, 0.15) is 6.42 Å². The quantitative estimate of drug-likeness (QED) is 0.870. The lowest BCUT2D eigenvalue weighted by Gasteiger charge is -2.16. The minimum atomic E-state index is -0.579. The largest absolute Gasteiger partial charge is 0.373 e. The maximum absolute atomic E-state index is 12.5. The van der Waals surface area contributed by atoms with Crippen molar-refractivity contribution >= 4 is 46.4 Å². The van der Waals surface area contributed by atoms with Gasteiger partial charge in [-0.1, -0.05) is 23.2 Å². The van der Waals surface area contributed by atoms with Crippen molar-refractivity contribution in [2.45, 2.75) is 12.5 Å². The molecule has 1 aliphatic heterocycles. The van der Waals surface area contributed by atoms with E-state index < -0.39 is 6.04 Å². The van der Waals surface area contributed by atoms with Gasteiger partial charge in [-0.25, -0.2) is 4.90 Å². The van der Waals surface area contributed by atoms with E-state index in [9.17, 15) is 9.59 Å². The first-order valence-electron chi connectivity index (χ1n) is 6.69. The van der Waals surface area contributed by atoms with Gasteiger partial charge in [-0.2, -0.15) is 0 Å². The SMILES string of the molecule is O=C1C[C@H](Nc2ccc(Cl)cc2)C(=O)N1c1ccc(Cl)cc1. The summed E-state index contributed by atoms with van der Waals surface area (Å²) < 4.78 is 0. The number of rotatable bonds is 3. The van der Waals surface area contributed by atoms with E-state index in [0.29, 0.717) is 15.7 Å². The Morgan fingerprint density at radius 3 is 2.05 bits per heavy atom. The standard InChI is InChI=1S/C16H12Cl2N2O2/c17-10-1-5-12(6-2-10)19-14-9-15(21)20(16(14)22)13-7-3-11(18)4-8-13/h1-8,14,19H,9H2/t14-/m0/s1. The summed E-state index contributed by atoms with van der Waals surface area (Å²) in [7, 11) is 0. The molecule has 2 aromatic carbocycles. The zero-order valence-corrected chi connectivity index (χ0v) is 12.9. The summed E-state index contributed by atoms with van der Waals surface area (Å²) in [6.45, 7) is 0. The summed E-state index contributed by atoms with van der Waals surface area (Å²) in [6, 6.07) is 13.0. The fourth-order valence-corrected chi connectivity index (χ4v) is 2.61. The number of benzene rings is 2. The van der Waals surface area contributed by atoms with Gasteiger partial charge in [0.25, 0.3) is 5.91 Å². The average molecular weight is 335 g/mol. The minimum absolute atomic E-state index is 0.115. The van der Waals surface area contributed by atoms with Gasteiger partial charge in [0.15, 0.2) is 0 Å². The molecule has 0 aromatic heterocycles. The molecule has 0 unspecified atom stereocenters. The summed E-state index contributed by atoms with van der Waals surface area (Å²) in [5.74, 6) is -0.513. The Morgan fingerprint density at radius 1 is 0.909 bits per heavy atom. The fourth-order valence-electron chi connectivity index (χ4n) is 2.35. The van der Waals surface area contributed by atoms with E-state index >= 15 is 0 Å². The second-order valence-electron chi connectivity index (χ2n) is 4.95. The Morgan fingerprint density at radius 2 is 1.45 bits per heavy atom. The molecule has 0 spiro atoms. The molecular weight excluding hydrogens is 323 g/mol. The second kappa shape index (κ2) is 5.99. The number of carbonyl (C=O) groups is 2. The predicted molar refractivity (Wildman–Crippen MR) is 87.4 cm³/mol. The normalized spacial score (nSPS) is 17.9. The van der Waals surface area contributed by atoms with E-state index in [1.54, 1.807) is 48.5 Å². The summed E-state index contributed by atoms with van der Waals surface area (Å²) in [6.07, 6.45) is 0.115. The Hall–Kier alpha value is -2.04. The highest BCUT2D eigenvalue weighted by molar-refractivity contribution is 6.31. The third-order valence-corrected chi connectivity index (χ3v) is 3.92. The van der Waals surface area contributed by atoms with Crippen LogP contribution in [0.25, 0.3) is 0 Å². The van der Waals surface area contributed by atoms with Crippen molar-refractivity contribution in [2.24, 2.45) is 0 Å². The molecule has 112 valence electrons. The van der Waals surface area contributed by atoms with Crippen LogP contribution in [-0.4, -0.2) is 17.9 Å². The number of carbonyl (C=O) groups excluding carboxylic acids is 2. The Kier molecular flexibility index (Phi) is 4.05. The molecule has 1 aliphatic rings. The zero-order chi connectivity index (χ0) is 15.7. The Balaban J connectivity index is 1.79. The maximum atomic E-state index is 12.5. The lowest BCUT2D eigenvalue weighted by atomic mass is 10.2. The molecular formula is C16H12Cl2N2O2. The van der Waals surface area contributed by atoms with Gasteiger partial charge in [0.05, 0.1) is 12.1 Å². The first-order chi connectivity index (χ1) is 10.5. The van der Waals surface area contributed by atoms with E-state index in [0.717, 1.165) is 5.69 Å². The van der Waals surface area contributed by atoms with Gasteiger partial charge in [-0.05, 0) is 48.5 Å². The van der Waals surface area contributed by atoms with Crippen molar-refractivity contribution in [3.63, 3.8) is 0 Å². The number of hydrogen-bond acceptors (Lipinski definition) is 3. The number of imide groups is 1. The Bertz CT molecular complexity index is 714. The van der Waals surface area contributed by atoms with Crippen LogP contribution in [0, 0.1) is 0 Å².